The first kappa shape index (κ1) is 12.9. The SMILES string of the molecule is CC1CCN(C(=O)CCn2ccccc2=O)CC1. The van der Waals surface area contributed by atoms with Crippen LogP contribution in [0.15, 0.2) is 29.2 Å². The van der Waals surface area contributed by atoms with Gasteiger partial charge >= 0.3 is 0 Å². The highest BCUT2D eigenvalue weighted by molar-refractivity contribution is 5.76. The number of hydrogen-bond donors (Lipinski definition) is 0. The summed E-state index contributed by atoms with van der Waals surface area (Å²) in [4.78, 5) is 25.4. The highest BCUT2D eigenvalue weighted by Gasteiger charge is 2.19. The number of amides is 1. The van der Waals surface area contributed by atoms with E-state index in [4.69, 9.17) is 0 Å². The van der Waals surface area contributed by atoms with Gasteiger partial charge in [0.2, 0.25) is 5.91 Å². The van der Waals surface area contributed by atoms with E-state index in [1.165, 1.54) is 6.07 Å². The molecule has 0 radical (unpaired) electrons. The molecule has 0 atom stereocenters. The van der Waals surface area contributed by atoms with Crippen molar-refractivity contribution in [2.24, 2.45) is 5.92 Å². The molecule has 0 unspecified atom stereocenters. The van der Waals surface area contributed by atoms with Crippen molar-refractivity contribution in [2.75, 3.05) is 13.1 Å². The minimum atomic E-state index is -0.0439. The molecule has 4 nitrogen and oxygen atoms in total. The maximum Gasteiger partial charge on any atom is 0.250 e. The molecule has 1 aromatic rings. The second-order valence-electron chi connectivity index (χ2n) is 5.05. The number of hydrogen-bond acceptors (Lipinski definition) is 2. The number of aryl methyl sites for hydroxylation is 1. The molecule has 18 heavy (non-hydrogen) atoms. The number of likely N-dealkylation sites (tertiary alicyclic amines) is 1. The molecule has 2 heterocycles. The predicted molar refractivity (Wildman–Crippen MR) is 70.3 cm³/mol. The average Bonchev–Trinajstić information content (AvgIpc) is 2.38. The summed E-state index contributed by atoms with van der Waals surface area (Å²) < 4.78 is 1.59. The Bertz CT molecular complexity index is 459. The van der Waals surface area contributed by atoms with Gasteiger partial charge in [0, 0.05) is 38.3 Å². The van der Waals surface area contributed by atoms with E-state index in [0.717, 1.165) is 31.8 Å². The Morgan fingerprint density at radius 3 is 2.72 bits per heavy atom. The zero-order chi connectivity index (χ0) is 13.0. The Kier molecular flexibility index (Phi) is 4.18. The normalized spacial score (nSPS) is 16.8. The van der Waals surface area contributed by atoms with Crippen LogP contribution < -0.4 is 5.56 Å². The molecule has 1 fully saturated rings. The van der Waals surface area contributed by atoms with Gasteiger partial charge in [0.15, 0.2) is 0 Å². The van der Waals surface area contributed by atoms with E-state index in [0.29, 0.717) is 13.0 Å². The average molecular weight is 248 g/mol. The van der Waals surface area contributed by atoms with Crippen LogP contribution in [0.25, 0.3) is 0 Å². The Morgan fingerprint density at radius 2 is 2.06 bits per heavy atom. The molecule has 1 aromatic heterocycles. The third kappa shape index (κ3) is 3.22. The minimum absolute atomic E-state index is 0.0439. The summed E-state index contributed by atoms with van der Waals surface area (Å²) in [5.74, 6) is 0.892. The van der Waals surface area contributed by atoms with Crippen LogP contribution in [0.4, 0.5) is 0 Å². The van der Waals surface area contributed by atoms with Gasteiger partial charge in [-0.25, -0.2) is 0 Å². The van der Waals surface area contributed by atoms with E-state index < -0.39 is 0 Å². The zero-order valence-electron chi connectivity index (χ0n) is 10.8. The molecule has 0 bridgehead atoms. The van der Waals surface area contributed by atoms with Crippen LogP contribution in [-0.2, 0) is 11.3 Å². The summed E-state index contributed by atoms with van der Waals surface area (Å²) in [6, 6.07) is 5.05. The molecule has 4 heteroatoms. The van der Waals surface area contributed by atoms with Gasteiger partial charge < -0.3 is 9.47 Å². The van der Waals surface area contributed by atoms with E-state index in [2.05, 4.69) is 6.92 Å². The number of aromatic nitrogens is 1. The van der Waals surface area contributed by atoms with Crippen molar-refractivity contribution in [1.82, 2.24) is 9.47 Å². The summed E-state index contributed by atoms with van der Waals surface area (Å²) in [6.45, 7) is 4.43. The lowest BCUT2D eigenvalue weighted by Crippen LogP contribution is -2.38. The van der Waals surface area contributed by atoms with Crippen LogP contribution >= 0.6 is 0 Å². The van der Waals surface area contributed by atoms with Gasteiger partial charge in [0.25, 0.3) is 5.56 Å². The lowest BCUT2D eigenvalue weighted by molar-refractivity contribution is -0.132. The van der Waals surface area contributed by atoms with Crippen LogP contribution in [0.1, 0.15) is 26.2 Å². The summed E-state index contributed by atoms with van der Waals surface area (Å²) >= 11 is 0. The number of carbonyl (C=O) groups is 1. The zero-order valence-corrected chi connectivity index (χ0v) is 10.8. The summed E-state index contributed by atoms with van der Waals surface area (Å²) in [5.41, 5.74) is -0.0439. The molecule has 1 aliphatic heterocycles. The van der Waals surface area contributed by atoms with Gasteiger partial charge in [-0.05, 0) is 24.8 Å². The molecule has 98 valence electrons. The Balaban J connectivity index is 1.85. The maximum atomic E-state index is 12.0. The fourth-order valence-electron chi connectivity index (χ4n) is 2.28. The first-order chi connectivity index (χ1) is 8.66. The van der Waals surface area contributed by atoms with Gasteiger partial charge in [-0.15, -0.1) is 0 Å². The van der Waals surface area contributed by atoms with Crippen molar-refractivity contribution in [3.05, 3.63) is 34.7 Å². The first-order valence-corrected chi connectivity index (χ1v) is 6.60. The van der Waals surface area contributed by atoms with Crippen LogP contribution in [0.2, 0.25) is 0 Å². The lowest BCUT2D eigenvalue weighted by Gasteiger charge is -2.30. The van der Waals surface area contributed by atoms with E-state index >= 15 is 0 Å². The molecule has 1 saturated heterocycles. The number of rotatable bonds is 3. The molecular weight excluding hydrogens is 228 g/mol. The van der Waals surface area contributed by atoms with Crippen LogP contribution in [0.5, 0.6) is 0 Å². The van der Waals surface area contributed by atoms with Gasteiger partial charge in [0.1, 0.15) is 0 Å². The Hall–Kier alpha value is -1.58. The number of nitrogens with zero attached hydrogens (tertiary/aromatic N) is 2. The molecule has 0 saturated carbocycles. The van der Waals surface area contributed by atoms with Gasteiger partial charge in [0.05, 0.1) is 0 Å². The molecule has 1 aliphatic rings. The Labute approximate surface area is 107 Å². The fraction of sp³-hybridized carbons (Fsp3) is 0.571. The fourth-order valence-corrected chi connectivity index (χ4v) is 2.28. The standard InChI is InChI=1S/C14H20N2O2/c1-12-5-9-16(10-6-12)14(18)7-11-15-8-3-2-4-13(15)17/h2-4,8,12H,5-7,9-11H2,1H3. The molecule has 0 aliphatic carbocycles. The molecular formula is C14H20N2O2. The summed E-state index contributed by atoms with van der Waals surface area (Å²) in [6.07, 6.45) is 4.33. The lowest BCUT2D eigenvalue weighted by atomic mass is 9.99. The Morgan fingerprint density at radius 1 is 1.33 bits per heavy atom. The maximum absolute atomic E-state index is 12.0. The van der Waals surface area contributed by atoms with E-state index in [-0.39, 0.29) is 11.5 Å². The van der Waals surface area contributed by atoms with Crippen molar-refractivity contribution in [3.63, 3.8) is 0 Å². The van der Waals surface area contributed by atoms with Crippen LogP contribution in [0, 0.1) is 5.92 Å². The van der Waals surface area contributed by atoms with Crippen molar-refractivity contribution in [3.8, 4) is 0 Å². The van der Waals surface area contributed by atoms with Crippen molar-refractivity contribution in [2.45, 2.75) is 32.7 Å². The number of pyridine rings is 1. The molecule has 0 aromatic carbocycles. The highest BCUT2D eigenvalue weighted by atomic mass is 16.2. The van der Waals surface area contributed by atoms with Gasteiger partial charge in [-0.2, -0.15) is 0 Å². The van der Waals surface area contributed by atoms with Crippen molar-refractivity contribution < 1.29 is 4.79 Å². The summed E-state index contributed by atoms with van der Waals surface area (Å²) in [5, 5.41) is 0. The van der Waals surface area contributed by atoms with Gasteiger partial charge in [-0.1, -0.05) is 13.0 Å². The topological polar surface area (TPSA) is 42.3 Å². The predicted octanol–water partition coefficient (Wildman–Crippen LogP) is 1.50. The third-order valence-electron chi connectivity index (χ3n) is 3.60. The molecule has 0 spiro atoms. The first-order valence-electron chi connectivity index (χ1n) is 6.60. The van der Waals surface area contributed by atoms with E-state index in [9.17, 15) is 9.59 Å². The van der Waals surface area contributed by atoms with Crippen molar-refractivity contribution >= 4 is 5.91 Å². The van der Waals surface area contributed by atoms with Crippen LogP contribution in [0.3, 0.4) is 0 Å². The second kappa shape index (κ2) is 5.85. The monoisotopic (exact) mass is 248 g/mol. The van der Waals surface area contributed by atoms with Gasteiger partial charge in [-0.3, -0.25) is 9.59 Å². The third-order valence-corrected chi connectivity index (χ3v) is 3.60. The highest BCUT2D eigenvalue weighted by Crippen LogP contribution is 2.16. The molecule has 2 rings (SSSR count). The second-order valence-corrected chi connectivity index (χ2v) is 5.05. The summed E-state index contributed by atoms with van der Waals surface area (Å²) in [7, 11) is 0. The number of piperidine rings is 1. The van der Waals surface area contributed by atoms with Crippen molar-refractivity contribution in [1.29, 1.82) is 0 Å². The molecule has 0 N–H and O–H groups in total. The molecule has 1 amide bonds. The quantitative estimate of drug-likeness (QED) is 0.813. The minimum Gasteiger partial charge on any atom is -0.343 e. The van der Waals surface area contributed by atoms with E-state index in [1.807, 2.05) is 11.0 Å². The smallest absolute Gasteiger partial charge is 0.250 e. The number of carbonyl (C=O) groups excluding carboxylic acids is 1. The van der Waals surface area contributed by atoms with Crippen LogP contribution in [-0.4, -0.2) is 28.5 Å². The van der Waals surface area contributed by atoms with E-state index in [1.54, 1.807) is 16.8 Å². The largest absolute Gasteiger partial charge is 0.343 e.